The van der Waals surface area contributed by atoms with E-state index in [4.69, 9.17) is 0 Å². The maximum Gasteiger partial charge on any atom is 1.00 e. The smallest absolute Gasteiger partial charge is 1.00 e. The first-order valence-electron chi connectivity index (χ1n) is 2.20. The van der Waals surface area contributed by atoms with E-state index in [1.807, 2.05) is 30.3 Å². The van der Waals surface area contributed by atoms with Crippen molar-refractivity contribution in [3.05, 3.63) is 30.3 Å². The fourth-order valence-electron chi connectivity index (χ4n) is 0.453. The van der Waals surface area contributed by atoms with E-state index >= 15 is 0 Å². The van der Waals surface area contributed by atoms with Crippen LogP contribution in [0, 0.1) is 0 Å². The Hall–Kier alpha value is 2.65. The minimum Gasteiger partial charge on any atom is -1.00 e. The van der Waals surface area contributed by atoms with Gasteiger partial charge in [-0.05, 0) is 5.30 Å². The fraction of sp³-hybridized carbons (Fsp3) is 0. The molecule has 0 fully saturated rings. The van der Waals surface area contributed by atoms with E-state index in [-0.39, 0.29) is 93.0 Å². The predicted octanol–water partition coefficient (Wildman–Crippen LogP) is -7.46. The summed E-state index contributed by atoms with van der Waals surface area (Å²) in [5.41, 5.74) is 0. The molecule has 0 aliphatic rings. The van der Waals surface area contributed by atoms with Crippen molar-refractivity contribution in [1.82, 2.24) is 0 Å². The summed E-state index contributed by atoms with van der Waals surface area (Å²) in [6, 6.07) is 10.1. The number of hydrogen-bond donors (Lipinski definition) is 0. The van der Waals surface area contributed by atoms with E-state index < -0.39 is 0 Å². The maximum absolute atomic E-state index is 2.63. The van der Waals surface area contributed by atoms with Crippen molar-refractivity contribution in [2.75, 3.05) is 0 Å². The number of hydrogen-bond acceptors (Lipinski definition) is 0. The standard InChI is InChI=1S/C6H7P.3Na.3H/c7-6-4-2-1-3-5-6;;;;;;/h1-5H,7H2;;;;;;/q;3*+1;3*-1. The van der Waals surface area contributed by atoms with Crippen LogP contribution in [0.3, 0.4) is 0 Å². The Labute approximate surface area is 135 Å². The summed E-state index contributed by atoms with van der Waals surface area (Å²) in [5, 5.41) is 1.24. The molecule has 0 saturated carbocycles. The molecule has 0 N–H and O–H groups in total. The third-order valence-corrected chi connectivity index (χ3v) is 1.18. The van der Waals surface area contributed by atoms with Gasteiger partial charge in [-0.2, -0.15) is 0 Å². The van der Waals surface area contributed by atoms with Crippen LogP contribution in [0.2, 0.25) is 0 Å². The SMILES string of the molecule is Pc1ccccc1.[H-].[H-].[H-].[Na+].[Na+].[Na+]. The molecule has 1 rings (SSSR count). The van der Waals surface area contributed by atoms with Gasteiger partial charge in [-0.25, -0.2) is 0 Å². The fourth-order valence-corrected chi connectivity index (χ4v) is 0.675. The van der Waals surface area contributed by atoms with Gasteiger partial charge in [-0.3, -0.25) is 0 Å². The second kappa shape index (κ2) is 11.6. The van der Waals surface area contributed by atoms with Crippen molar-refractivity contribution >= 4 is 14.5 Å². The summed E-state index contributed by atoms with van der Waals surface area (Å²) in [4.78, 5) is 0. The first-order chi connectivity index (χ1) is 3.39. The summed E-state index contributed by atoms with van der Waals surface area (Å²) in [6.45, 7) is 0. The molecule has 10 heavy (non-hydrogen) atoms. The summed E-state index contributed by atoms with van der Waals surface area (Å²) in [5.74, 6) is 0. The van der Waals surface area contributed by atoms with Gasteiger partial charge in [0, 0.05) is 0 Å². The summed E-state index contributed by atoms with van der Waals surface area (Å²) >= 11 is 0. The van der Waals surface area contributed by atoms with Crippen molar-refractivity contribution in [3.8, 4) is 0 Å². The third kappa shape index (κ3) is 8.74. The molecular formula is C6H10Na3P. The number of rotatable bonds is 0. The largest absolute Gasteiger partial charge is 1.00 e. The molecule has 0 nitrogen and oxygen atoms in total. The van der Waals surface area contributed by atoms with Gasteiger partial charge < -0.3 is 4.28 Å². The molecule has 0 spiro atoms. The van der Waals surface area contributed by atoms with E-state index in [1.54, 1.807) is 0 Å². The first-order valence-corrected chi connectivity index (χ1v) is 2.78. The molecule has 1 unspecified atom stereocenters. The van der Waals surface area contributed by atoms with Crippen molar-refractivity contribution in [2.24, 2.45) is 0 Å². The van der Waals surface area contributed by atoms with E-state index in [0.717, 1.165) is 0 Å². The quantitative estimate of drug-likeness (QED) is 0.276. The second-order valence-electron chi connectivity index (χ2n) is 1.41. The molecule has 0 radical (unpaired) electrons. The predicted molar refractivity (Wildman–Crippen MR) is 39.1 cm³/mol. The summed E-state index contributed by atoms with van der Waals surface area (Å²) < 4.78 is 0. The van der Waals surface area contributed by atoms with Crippen molar-refractivity contribution in [3.63, 3.8) is 0 Å². The van der Waals surface area contributed by atoms with Crippen LogP contribution in [-0.4, -0.2) is 0 Å². The van der Waals surface area contributed by atoms with Crippen molar-refractivity contribution < 1.29 is 93.0 Å². The van der Waals surface area contributed by atoms with Gasteiger partial charge in [0.15, 0.2) is 0 Å². The van der Waals surface area contributed by atoms with E-state index in [1.165, 1.54) is 5.30 Å². The van der Waals surface area contributed by atoms with E-state index in [2.05, 4.69) is 9.24 Å². The van der Waals surface area contributed by atoms with Crippen molar-refractivity contribution in [2.45, 2.75) is 0 Å². The third-order valence-electron chi connectivity index (χ3n) is 0.800. The minimum absolute atomic E-state index is 0. The van der Waals surface area contributed by atoms with Crippen LogP contribution < -0.4 is 94.0 Å². The van der Waals surface area contributed by atoms with E-state index in [0.29, 0.717) is 0 Å². The van der Waals surface area contributed by atoms with Gasteiger partial charge in [-0.1, -0.05) is 30.3 Å². The molecule has 0 aromatic heterocycles. The zero-order chi connectivity index (χ0) is 5.11. The Morgan fingerprint density at radius 1 is 0.900 bits per heavy atom. The Kier molecular flexibility index (Phi) is 21.5. The normalized spacial score (nSPS) is 6.10. The van der Waals surface area contributed by atoms with Crippen LogP contribution in [0.25, 0.3) is 0 Å². The van der Waals surface area contributed by atoms with Gasteiger partial charge in [0.2, 0.25) is 0 Å². The minimum atomic E-state index is 0. The molecular weight excluding hydrogens is 172 g/mol. The monoisotopic (exact) mass is 182 g/mol. The summed E-state index contributed by atoms with van der Waals surface area (Å²) in [7, 11) is 2.63. The molecule has 4 heteroatoms. The summed E-state index contributed by atoms with van der Waals surface area (Å²) in [6.07, 6.45) is 0. The zero-order valence-electron chi connectivity index (χ0n) is 9.96. The molecule has 0 bridgehead atoms. The van der Waals surface area contributed by atoms with E-state index in [9.17, 15) is 0 Å². The van der Waals surface area contributed by atoms with Crippen LogP contribution in [0.15, 0.2) is 30.3 Å². The Bertz CT molecular complexity index is 153. The molecule has 0 amide bonds. The van der Waals surface area contributed by atoms with Gasteiger partial charge in [0.05, 0.1) is 0 Å². The van der Waals surface area contributed by atoms with Gasteiger partial charge in [-0.15, -0.1) is 9.24 Å². The Morgan fingerprint density at radius 3 is 1.50 bits per heavy atom. The molecule has 1 atom stereocenters. The Balaban J connectivity index is -0.0000000204. The number of benzene rings is 1. The van der Waals surface area contributed by atoms with Crippen LogP contribution in [-0.2, 0) is 0 Å². The zero-order valence-corrected chi connectivity index (χ0v) is 14.1. The Morgan fingerprint density at radius 2 is 1.30 bits per heavy atom. The molecule has 1 aromatic carbocycles. The van der Waals surface area contributed by atoms with Crippen LogP contribution in [0.5, 0.6) is 0 Å². The van der Waals surface area contributed by atoms with Crippen molar-refractivity contribution in [1.29, 1.82) is 0 Å². The average molecular weight is 182 g/mol. The van der Waals surface area contributed by atoms with Crippen LogP contribution in [0.4, 0.5) is 0 Å². The van der Waals surface area contributed by atoms with Gasteiger partial charge >= 0.3 is 88.7 Å². The van der Waals surface area contributed by atoms with Gasteiger partial charge in [0.1, 0.15) is 0 Å². The molecule has 0 aliphatic heterocycles. The maximum atomic E-state index is 2.63. The molecule has 0 heterocycles. The molecule has 0 aliphatic carbocycles. The first kappa shape index (κ1) is 18.4. The average Bonchev–Trinajstić information content (AvgIpc) is 1.69. The topological polar surface area (TPSA) is 0 Å². The molecule has 42 valence electrons. The second-order valence-corrected chi connectivity index (χ2v) is 2.08. The molecule has 1 aromatic rings. The van der Waals surface area contributed by atoms with Crippen LogP contribution >= 0.6 is 9.24 Å². The van der Waals surface area contributed by atoms with Gasteiger partial charge in [0.25, 0.3) is 0 Å². The van der Waals surface area contributed by atoms with Crippen LogP contribution in [0.1, 0.15) is 4.28 Å². The molecule has 0 saturated heterocycles.